The van der Waals surface area contributed by atoms with Crippen LogP contribution in [0, 0.1) is 6.92 Å². The summed E-state index contributed by atoms with van der Waals surface area (Å²) >= 11 is 0. The molecule has 0 aromatic heterocycles. The fourth-order valence-corrected chi connectivity index (χ4v) is 2.22. The van der Waals surface area contributed by atoms with Gasteiger partial charge in [0.2, 0.25) is 0 Å². The van der Waals surface area contributed by atoms with Gasteiger partial charge in [-0.25, -0.2) is 0 Å². The number of ether oxygens (including phenoxy) is 1. The van der Waals surface area contributed by atoms with Crippen molar-refractivity contribution in [3.63, 3.8) is 0 Å². The van der Waals surface area contributed by atoms with Crippen molar-refractivity contribution in [1.82, 2.24) is 0 Å². The summed E-state index contributed by atoms with van der Waals surface area (Å²) in [4.78, 5) is 2.34. The van der Waals surface area contributed by atoms with E-state index in [1.165, 1.54) is 11.3 Å². The number of fused-ring (bicyclic) bond motifs is 1. The molecule has 0 aliphatic carbocycles. The molecule has 1 aromatic rings. The quantitative estimate of drug-likeness (QED) is 0.872. The lowest BCUT2D eigenvalue weighted by molar-refractivity contribution is 0.211. The number of aryl methyl sites for hydroxylation is 1. The van der Waals surface area contributed by atoms with Crippen molar-refractivity contribution in [2.75, 3.05) is 18.0 Å². The van der Waals surface area contributed by atoms with Crippen molar-refractivity contribution in [3.05, 3.63) is 23.8 Å². The summed E-state index contributed by atoms with van der Waals surface area (Å²) in [5.41, 5.74) is 8.47. The molecule has 0 fully saturated rings. The second-order valence-electron chi connectivity index (χ2n) is 4.97. The van der Waals surface area contributed by atoms with Crippen LogP contribution < -0.4 is 15.4 Å². The second kappa shape index (κ2) is 4.96. The topological polar surface area (TPSA) is 38.5 Å². The first kappa shape index (κ1) is 12.2. The van der Waals surface area contributed by atoms with Gasteiger partial charge in [0.15, 0.2) is 0 Å². The lowest BCUT2D eigenvalue weighted by Crippen LogP contribution is -2.44. The molecule has 0 spiro atoms. The van der Waals surface area contributed by atoms with Crippen molar-refractivity contribution in [1.29, 1.82) is 0 Å². The minimum Gasteiger partial charge on any atom is -0.487 e. The normalized spacial score (nSPS) is 20.7. The molecule has 1 aromatic carbocycles. The van der Waals surface area contributed by atoms with Gasteiger partial charge >= 0.3 is 0 Å². The lowest BCUT2D eigenvalue weighted by Gasteiger charge is -2.36. The molecule has 1 aliphatic rings. The van der Waals surface area contributed by atoms with Crippen LogP contribution in [-0.2, 0) is 0 Å². The zero-order valence-electron chi connectivity index (χ0n) is 10.9. The number of nitrogens with two attached hydrogens (primary N) is 1. The Bertz CT molecular complexity index is 392. The highest BCUT2D eigenvalue weighted by Gasteiger charge is 2.23. The highest BCUT2D eigenvalue weighted by Crippen LogP contribution is 2.34. The van der Waals surface area contributed by atoms with E-state index >= 15 is 0 Å². The summed E-state index contributed by atoms with van der Waals surface area (Å²) < 4.78 is 5.88. The molecule has 0 radical (unpaired) electrons. The predicted molar refractivity (Wildman–Crippen MR) is 71.7 cm³/mol. The van der Waals surface area contributed by atoms with Crippen LogP contribution in [-0.4, -0.2) is 25.2 Å². The molecule has 0 amide bonds. The third-order valence-electron chi connectivity index (χ3n) is 3.24. The summed E-state index contributed by atoms with van der Waals surface area (Å²) in [6, 6.07) is 6.60. The van der Waals surface area contributed by atoms with Gasteiger partial charge < -0.3 is 15.4 Å². The van der Waals surface area contributed by atoms with E-state index < -0.39 is 0 Å². The highest BCUT2D eigenvalue weighted by atomic mass is 16.5. The highest BCUT2D eigenvalue weighted by molar-refractivity contribution is 5.61. The summed E-state index contributed by atoms with van der Waals surface area (Å²) in [7, 11) is 0. The molecule has 1 heterocycles. The molecule has 2 rings (SSSR count). The third kappa shape index (κ3) is 2.72. The monoisotopic (exact) mass is 234 g/mol. The van der Waals surface area contributed by atoms with Gasteiger partial charge in [0.05, 0.1) is 12.2 Å². The first-order valence-corrected chi connectivity index (χ1v) is 6.38. The summed E-state index contributed by atoms with van der Waals surface area (Å²) in [6.07, 6.45) is 1.24. The summed E-state index contributed by atoms with van der Waals surface area (Å²) in [5.74, 6) is 0.993. The van der Waals surface area contributed by atoms with E-state index in [1.54, 1.807) is 0 Å². The van der Waals surface area contributed by atoms with E-state index in [0.29, 0.717) is 0 Å². The molecule has 3 heteroatoms. The SMILES string of the molecule is CCC(N)CN1CC(C)Oc2cc(C)ccc21. The molecule has 2 unspecified atom stereocenters. The maximum Gasteiger partial charge on any atom is 0.143 e. The molecule has 3 nitrogen and oxygen atoms in total. The lowest BCUT2D eigenvalue weighted by atomic mass is 10.1. The van der Waals surface area contributed by atoms with E-state index in [-0.39, 0.29) is 12.1 Å². The van der Waals surface area contributed by atoms with E-state index in [2.05, 4.69) is 43.9 Å². The Kier molecular flexibility index (Phi) is 3.57. The van der Waals surface area contributed by atoms with Gasteiger partial charge in [0.1, 0.15) is 11.9 Å². The van der Waals surface area contributed by atoms with Crippen LogP contribution in [0.2, 0.25) is 0 Å². The van der Waals surface area contributed by atoms with Crippen LogP contribution in [0.4, 0.5) is 5.69 Å². The Labute approximate surface area is 104 Å². The van der Waals surface area contributed by atoms with E-state index in [9.17, 15) is 0 Å². The van der Waals surface area contributed by atoms with Crippen molar-refractivity contribution < 1.29 is 4.74 Å². The van der Waals surface area contributed by atoms with Gasteiger partial charge in [-0.3, -0.25) is 0 Å². The zero-order chi connectivity index (χ0) is 12.4. The van der Waals surface area contributed by atoms with Gasteiger partial charge in [0, 0.05) is 12.6 Å². The Morgan fingerprint density at radius 2 is 2.29 bits per heavy atom. The largest absolute Gasteiger partial charge is 0.487 e. The van der Waals surface area contributed by atoms with Crippen molar-refractivity contribution in [2.45, 2.75) is 39.3 Å². The molecule has 2 N–H and O–H groups in total. The fraction of sp³-hybridized carbons (Fsp3) is 0.571. The van der Waals surface area contributed by atoms with Crippen molar-refractivity contribution in [3.8, 4) is 5.75 Å². The molecule has 17 heavy (non-hydrogen) atoms. The van der Waals surface area contributed by atoms with E-state index in [0.717, 1.165) is 25.3 Å². The zero-order valence-corrected chi connectivity index (χ0v) is 10.9. The molecular formula is C14H22N2O. The van der Waals surface area contributed by atoms with Gasteiger partial charge in [-0.05, 0) is 38.0 Å². The Balaban J connectivity index is 2.24. The smallest absolute Gasteiger partial charge is 0.143 e. The second-order valence-corrected chi connectivity index (χ2v) is 4.97. The molecule has 94 valence electrons. The predicted octanol–water partition coefficient (Wildman–Crippen LogP) is 2.32. The molecular weight excluding hydrogens is 212 g/mol. The summed E-state index contributed by atoms with van der Waals surface area (Å²) in [6.45, 7) is 8.15. The van der Waals surface area contributed by atoms with Gasteiger partial charge in [-0.15, -0.1) is 0 Å². The Hall–Kier alpha value is -1.22. The molecule has 0 saturated carbocycles. The molecule has 2 atom stereocenters. The number of anilines is 1. The number of rotatable bonds is 3. The van der Waals surface area contributed by atoms with Crippen LogP contribution in [0.15, 0.2) is 18.2 Å². The van der Waals surface area contributed by atoms with Crippen molar-refractivity contribution >= 4 is 5.69 Å². The third-order valence-corrected chi connectivity index (χ3v) is 3.24. The number of hydrogen-bond donors (Lipinski definition) is 1. The number of benzene rings is 1. The molecule has 1 aliphatic heterocycles. The maximum atomic E-state index is 6.05. The van der Waals surface area contributed by atoms with Gasteiger partial charge in [0.25, 0.3) is 0 Å². The first-order chi connectivity index (χ1) is 8.10. The minimum absolute atomic E-state index is 0.230. The average molecular weight is 234 g/mol. The molecule has 0 saturated heterocycles. The average Bonchev–Trinajstić information content (AvgIpc) is 2.27. The van der Waals surface area contributed by atoms with Gasteiger partial charge in [-0.1, -0.05) is 13.0 Å². The maximum absolute atomic E-state index is 6.05. The van der Waals surface area contributed by atoms with Crippen LogP contribution >= 0.6 is 0 Å². The van der Waals surface area contributed by atoms with Gasteiger partial charge in [-0.2, -0.15) is 0 Å². The van der Waals surface area contributed by atoms with Crippen LogP contribution in [0.25, 0.3) is 0 Å². The minimum atomic E-state index is 0.230. The van der Waals surface area contributed by atoms with Crippen LogP contribution in [0.1, 0.15) is 25.8 Å². The molecule has 0 bridgehead atoms. The van der Waals surface area contributed by atoms with E-state index in [1.807, 2.05) is 0 Å². The van der Waals surface area contributed by atoms with Crippen LogP contribution in [0.5, 0.6) is 5.75 Å². The standard InChI is InChI=1S/C14H22N2O/c1-4-12(15)9-16-8-11(3)17-14-7-10(2)5-6-13(14)16/h5-7,11-12H,4,8-9,15H2,1-3H3. The number of hydrogen-bond acceptors (Lipinski definition) is 3. The Morgan fingerprint density at radius 3 is 3.00 bits per heavy atom. The van der Waals surface area contributed by atoms with E-state index in [4.69, 9.17) is 10.5 Å². The first-order valence-electron chi connectivity index (χ1n) is 6.38. The van der Waals surface area contributed by atoms with Crippen molar-refractivity contribution in [2.24, 2.45) is 5.73 Å². The number of nitrogens with zero attached hydrogens (tertiary/aromatic N) is 1. The van der Waals surface area contributed by atoms with Crippen LogP contribution in [0.3, 0.4) is 0 Å². The summed E-state index contributed by atoms with van der Waals surface area (Å²) in [5, 5.41) is 0. The Morgan fingerprint density at radius 1 is 1.53 bits per heavy atom. The fourth-order valence-electron chi connectivity index (χ4n) is 2.22.